The van der Waals surface area contributed by atoms with E-state index in [0.29, 0.717) is 19.8 Å². The summed E-state index contributed by atoms with van der Waals surface area (Å²) in [6.45, 7) is 4.83. The summed E-state index contributed by atoms with van der Waals surface area (Å²) < 4.78 is 31.3. The molecule has 190 valence electrons. The van der Waals surface area contributed by atoms with Gasteiger partial charge in [-0.1, -0.05) is 97.1 Å². The maximum atomic E-state index is 10.2. The van der Waals surface area contributed by atoms with Crippen LogP contribution < -0.4 is 0 Å². The molecule has 4 rings (SSSR count). The van der Waals surface area contributed by atoms with E-state index in [2.05, 4.69) is 6.58 Å². The molecule has 0 amide bonds. The highest BCUT2D eigenvalue weighted by molar-refractivity contribution is 5.15. The smallest absolute Gasteiger partial charge is 0.187 e. The van der Waals surface area contributed by atoms with Crippen molar-refractivity contribution in [3.8, 4) is 0 Å². The Morgan fingerprint density at radius 2 is 1.08 bits per heavy atom. The number of aliphatic hydroxyl groups excluding tert-OH is 1. The van der Waals surface area contributed by atoms with Crippen LogP contribution in [0.1, 0.15) is 16.7 Å². The van der Waals surface area contributed by atoms with E-state index in [-0.39, 0.29) is 13.2 Å². The normalized spacial score (nSPS) is 23.9. The van der Waals surface area contributed by atoms with Crippen LogP contribution in [-0.2, 0) is 43.5 Å². The van der Waals surface area contributed by atoms with Gasteiger partial charge in [0, 0.05) is 0 Å². The van der Waals surface area contributed by atoms with Crippen LogP contribution in [0.5, 0.6) is 0 Å². The molecule has 1 N–H and O–H groups in total. The molecule has 1 aliphatic heterocycles. The molecule has 0 spiro atoms. The van der Waals surface area contributed by atoms with Gasteiger partial charge in [0.15, 0.2) is 6.29 Å². The average molecular weight is 491 g/mol. The van der Waals surface area contributed by atoms with E-state index in [9.17, 15) is 5.11 Å². The van der Waals surface area contributed by atoms with Gasteiger partial charge in [-0.05, 0) is 16.7 Å². The van der Waals surface area contributed by atoms with Crippen molar-refractivity contribution in [1.29, 1.82) is 0 Å². The van der Waals surface area contributed by atoms with Crippen LogP contribution in [0.15, 0.2) is 104 Å². The lowest BCUT2D eigenvalue weighted by Crippen LogP contribution is -2.61. The minimum Gasteiger partial charge on any atom is -0.394 e. The number of aliphatic hydroxyl groups is 1. The highest BCUT2D eigenvalue weighted by Crippen LogP contribution is 2.31. The number of rotatable bonds is 13. The molecule has 0 radical (unpaired) electrons. The first-order valence-corrected chi connectivity index (χ1v) is 12.2. The second kappa shape index (κ2) is 14.0. The lowest BCUT2D eigenvalue weighted by Gasteiger charge is -2.45. The Kier molecular flexibility index (Phi) is 10.2. The van der Waals surface area contributed by atoms with Crippen LogP contribution >= 0.6 is 0 Å². The van der Waals surface area contributed by atoms with Crippen molar-refractivity contribution >= 4 is 0 Å². The third-order valence-corrected chi connectivity index (χ3v) is 6.01. The third-order valence-electron chi connectivity index (χ3n) is 6.01. The average Bonchev–Trinajstić information content (AvgIpc) is 2.94. The van der Waals surface area contributed by atoms with Crippen molar-refractivity contribution in [1.82, 2.24) is 0 Å². The zero-order chi connectivity index (χ0) is 25.0. The molecule has 3 aromatic rings. The van der Waals surface area contributed by atoms with Gasteiger partial charge < -0.3 is 28.8 Å². The molecule has 1 heterocycles. The van der Waals surface area contributed by atoms with Gasteiger partial charge in [-0.15, -0.1) is 6.58 Å². The molecule has 6 heteroatoms. The second-order valence-corrected chi connectivity index (χ2v) is 8.63. The Morgan fingerprint density at radius 3 is 1.53 bits per heavy atom. The highest BCUT2D eigenvalue weighted by Gasteiger charge is 2.48. The Morgan fingerprint density at radius 1 is 0.639 bits per heavy atom. The van der Waals surface area contributed by atoms with Gasteiger partial charge in [-0.3, -0.25) is 0 Å². The Bertz CT molecular complexity index is 1010. The van der Waals surface area contributed by atoms with Gasteiger partial charge in [0.05, 0.1) is 33.0 Å². The molecule has 5 atom stereocenters. The third kappa shape index (κ3) is 7.34. The largest absolute Gasteiger partial charge is 0.394 e. The zero-order valence-corrected chi connectivity index (χ0v) is 20.4. The van der Waals surface area contributed by atoms with Crippen LogP contribution in [0, 0.1) is 0 Å². The van der Waals surface area contributed by atoms with Gasteiger partial charge in [0.1, 0.15) is 24.4 Å². The van der Waals surface area contributed by atoms with Crippen LogP contribution in [0.3, 0.4) is 0 Å². The molecule has 0 saturated carbocycles. The van der Waals surface area contributed by atoms with E-state index in [1.165, 1.54) is 0 Å². The summed E-state index contributed by atoms with van der Waals surface area (Å²) in [6.07, 6.45) is -1.50. The Hall–Kier alpha value is -2.84. The zero-order valence-electron chi connectivity index (χ0n) is 20.4. The highest BCUT2D eigenvalue weighted by atomic mass is 16.7. The van der Waals surface area contributed by atoms with Gasteiger partial charge >= 0.3 is 0 Å². The quantitative estimate of drug-likeness (QED) is 0.352. The molecule has 6 nitrogen and oxygen atoms in total. The van der Waals surface area contributed by atoms with Gasteiger partial charge in [0.2, 0.25) is 0 Å². The van der Waals surface area contributed by atoms with E-state index in [1.807, 2.05) is 91.0 Å². The number of hydrogen-bond donors (Lipinski definition) is 1. The number of hydrogen-bond acceptors (Lipinski definition) is 6. The summed E-state index contributed by atoms with van der Waals surface area (Å²) >= 11 is 0. The summed E-state index contributed by atoms with van der Waals surface area (Å²) in [5, 5.41) is 10.2. The molecule has 0 unspecified atom stereocenters. The first-order chi connectivity index (χ1) is 17.8. The van der Waals surface area contributed by atoms with Crippen molar-refractivity contribution in [2.45, 2.75) is 50.5 Å². The number of benzene rings is 3. The molecule has 1 fully saturated rings. The molecule has 1 saturated heterocycles. The Balaban J connectivity index is 1.59. The number of ether oxygens (including phenoxy) is 5. The van der Waals surface area contributed by atoms with Gasteiger partial charge in [-0.2, -0.15) is 0 Å². The summed E-state index contributed by atoms with van der Waals surface area (Å²) in [7, 11) is 0. The monoisotopic (exact) mass is 490 g/mol. The topological polar surface area (TPSA) is 66.4 Å². The van der Waals surface area contributed by atoms with Crippen LogP contribution in [0.25, 0.3) is 0 Å². The van der Waals surface area contributed by atoms with Crippen LogP contribution in [-0.4, -0.2) is 49.0 Å². The van der Waals surface area contributed by atoms with E-state index in [4.69, 9.17) is 23.7 Å². The van der Waals surface area contributed by atoms with E-state index >= 15 is 0 Å². The van der Waals surface area contributed by atoms with Crippen molar-refractivity contribution < 1.29 is 28.8 Å². The van der Waals surface area contributed by atoms with Crippen molar-refractivity contribution in [3.63, 3.8) is 0 Å². The van der Waals surface area contributed by atoms with E-state index < -0.39 is 30.7 Å². The minimum atomic E-state index is -0.763. The summed E-state index contributed by atoms with van der Waals surface area (Å²) in [6, 6.07) is 29.7. The van der Waals surface area contributed by atoms with Crippen LogP contribution in [0.4, 0.5) is 0 Å². The minimum absolute atomic E-state index is 0.246. The fraction of sp³-hybridized carbons (Fsp3) is 0.333. The summed E-state index contributed by atoms with van der Waals surface area (Å²) in [5.74, 6) is 0. The first-order valence-electron chi connectivity index (χ1n) is 12.2. The summed E-state index contributed by atoms with van der Waals surface area (Å²) in [4.78, 5) is 0. The first kappa shape index (κ1) is 26.2. The lowest BCUT2D eigenvalue weighted by molar-refractivity contribution is -0.324. The molecule has 36 heavy (non-hydrogen) atoms. The maximum absolute atomic E-state index is 10.2. The molecule has 0 aliphatic carbocycles. The molecule has 1 aliphatic rings. The van der Waals surface area contributed by atoms with Gasteiger partial charge in [0.25, 0.3) is 0 Å². The van der Waals surface area contributed by atoms with Crippen LogP contribution in [0.2, 0.25) is 0 Å². The molecule has 0 aromatic heterocycles. The fourth-order valence-electron chi connectivity index (χ4n) is 4.19. The molecular weight excluding hydrogens is 456 g/mol. The Labute approximate surface area is 213 Å². The van der Waals surface area contributed by atoms with Gasteiger partial charge in [-0.25, -0.2) is 0 Å². The van der Waals surface area contributed by atoms with E-state index in [0.717, 1.165) is 16.7 Å². The summed E-state index contributed by atoms with van der Waals surface area (Å²) in [5.41, 5.74) is 3.06. The predicted octanol–water partition coefficient (Wildman–Crippen LogP) is 4.66. The lowest BCUT2D eigenvalue weighted by atomic mass is 9.98. The van der Waals surface area contributed by atoms with Crippen molar-refractivity contribution in [2.75, 3.05) is 13.2 Å². The predicted molar refractivity (Wildman–Crippen MR) is 137 cm³/mol. The van der Waals surface area contributed by atoms with Crippen molar-refractivity contribution in [2.24, 2.45) is 0 Å². The standard InChI is InChI=1S/C30H34O6/c1-2-18-32-30-29(35-22-25-16-10-5-11-17-25)28(34-21-24-14-8-4-9-15-24)27(26(19-31)36-30)33-20-23-12-6-3-7-13-23/h2-17,26-31H,1,18-22H2/t26-,27+,28+,29-,30-/m1/s1. The van der Waals surface area contributed by atoms with E-state index in [1.54, 1.807) is 6.08 Å². The molecule has 3 aromatic carbocycles. The molecular formula is C30H34O6. The van der Waals surface area contributed by atoms with Crippen molar-refractivity contribution in [3.05, 3.63) is 120 Å². The SMILES string of the molecule is C=CCO[C@@H]1O[C@H](CO)[C@H](OCc2ccccc2)[C@H](OCc2ccccc2)[C@H]1OCc1ccccc1. The molecule has 0 bridgehead atoms. The fourth-order valence-corrected chi connectivity index (χ4v) is 4.19. The second-order valence-electron chi connectivity index (χ2n) is 8.63. The maximum Gasteiger partial charge on any atom is 0.187 e.